The van der Waals surface area contributed by atoms with E-state index in [4.69, 9.17) is 23.2 Å². The summed E-state index contributed by atoms with van der Waals surface area (Å²) in [6.45, 7) is 3.68. The van der Waals surface area contributed by atoms with Crippen LogP contribution in [0, 0.1) is 23.2 Å². The molecular weight excluding hydrogens is 281 g/mol. The highest BCUT2D eigenvalue weighted by Gasteiger charge is 2.53. The van der Waals surface area contributed by atoms with E-state index in [1.54, 1.807) is 0 Å². The minimum atomic E-state index is -1.32. The molecule has 4 rings (SSSR count). The Morgan fingerprint density at radius 1 is 1.16 bits per heavy atom. The molecule has 108 valence electrons. The number of hydrogen-bond acceptors (Lipinski definition) is 1. The van der Waals surface area contributed by atoms with Gasteiger partial charge in [0.15, 0.2) is 4.33 Å². The Hall–Kier alpha value is 0.0500. The number of halogens is 2. The van der Waals surface area contributed by atoms with Gasteiger partial charge in [-0.2, -0.15) is 0 Å². The average Bonchev–Trinajstić information content (AvgIpc) is 2.25. The lowest BCUT2D eigenvalue weighted by atomic mass is 9.48. The van der Waals surface area contributed by atoms with Crippen molar-refractivity contribution < 1.29 is 4.79 Å². The van der Waals surface area contributed by atoms with Gasteiger partial charge in [-0.1, -0.05) is 23.2 Å². The molecular formula is C15H23Cl2NO. The number of carbonyl (C=O) groups is 1. The molecule has 1 amide bonds. The van der Waals surface area contributed by atoms with E-state index in [9.17, 15) is 4.79 Å². The Balaban J connectivity index is 1.73. The van der Waals surface area contributed by atoms with Gasteiger partial charge in [0.25, 0.3) is 5.91 Å². The van der Waals surface area contributed by atoms with Crippen LogP contribution in [0.3, 0.4) is 0 Å². The summed E-state index contributed by atoms with van der Waals surface area (Å²) in [5, 5.41) is 3.07. The van der Waals surface area contributed by atoms with E-state index in [1.165, 1.54) is 45.4 Å². The largest absolute Gasteiger partial charge is 0.350 e. The molecule has 2 nitrogen and oxygen atoms in total. The van der Waals surface area contributed by atoms with Crippen LogP contribution < -0.4 is 5.32 Å². The fraction of sp³-hybridized carbons (Fsp3) is 0.933. The maximum atomic E-state index is 12.0. The van der Waals surface area contributed by atoms with Crippen molar-refractivity contribution in [2.24, 2.45) is 23.2 Å². The van der Waals surface area contributed by atoms with Crippen molar-refractivity contribution in [3.8, 4) is 0 Å². The fourth-order valence-electron chi connectivity index (χ4n) is 5.18. The molecule has 1 N–H and O–H groups in total. The number of carbonyl (C=O) groups excluding carboxylic acids is 1. The lowest BCUT2D eigenvalue weighted by Gasteiger charge is -2.59. The minimum Gasteiger partial charge on any atom is -0.350 e. The van der Waals surface area contributed by atoms with Crippen LogP contribution in [0.15, 0.2) is 0 Å². The second-order valence-electron chi connectivity index (χ2n) is 7.36. The molecule has 4 fully saturated rings. The van der Waals surface area contributed by atoms with Crippen molar-refractivity contribution in [3.63, 3.8) is 0 Å². The fourth-order valence-corrected chi connectivity index (χ4v) is 5.29. The second-order valence-corrected chi connectivity index (χ2v) is 9.07. The maximum absolute atomic E-state index is 12.0. The molecule has 4 aliphatic rings. The van der Waals surface area contributed by atoms with Gasteiger partial charge in [-0.3, -0.25) is 4.79 Å². The smallest absolute Gasteiger partial charge is 0.256 e. The van der Waals surface area contributed by atoms with Gasteiger partial charge in [-0.05, 0) is 75.5 Å². The van der Waals surface area contributed by atoms with E-state index in [2.05, 4.69) is 12.2 Å². The van der Waals surface area contributed by atoms with E-state index < -0.39 is 4.33 Å². The third-order valence-corrected chi connectivity index (χ3v) is 6.09. The SMILES string of the molecule is C[C@@H](NC(=O)C(C)(Cl)Cl)C12CC3CC(CC(C3)C1)C2. The van der Waals surface area contributed by atoms with E-state index in [0.29, 0.717) is 5.41 Å². The molecule has 0 unspecified atom stereocenters. The first-order valence-corrected chi connectivity index (χ1v) is 8.23. The van der Waals surface area contributed by atoms with Crippen molar-refractivity contribution in [1.82, 2.24) is 5.32 Å². The molecule has 0 aromatic heterocycles. The lowest BCUT2D eigenvalue weighted by Crippen LogP contribution is -2.57. The summed E-state index contributed by atoms with van der Waals surface area (Å²) in [6.07, 6.45) is 8.10. The highest BCUT2D eigenvalue weighted by molar-refractivity contribution is 6.57. The molecule has 0 aromatic carbocycles. The van der Waals surface area contributed by atoms with Crippen molar-refractivity contribution in [2.45, 2.75) is 62.7 Å². The summed E-state index contributed by atoms with van der Waals surface area (Å²) in [4.78, 5) is 12.0. The summed E-state index contributed by atoms with van der Waals surface area (Å²) in [7, 11) is 0. The summed E-state index contributed by atoms with van der Waals surface area (Å²) in [5.41, 5.74) is 0.309. The van der Waals surface area contributed by atoms with Gasteiger partial charge in [-0.25, -0.2) is 0 Å². The molecule has 0 radical (unpaired) electrons. The highest BCUT2D eigenvalue weighted by atomic mass is 35.5. The van der Waals surface area contributed by atoms with Gasteiger partial charge in [-0.15, -0.1) is 0 Å². The Morgan fingerprint density at radius 2 is 1.58 bits per heavy atom. The van der Waals surface area contributed by atoms with Gasteiger partial charge in [0.2, 0.25) is 0 Å². The first-order chi connectivity index (χ1) is 8.78. The molecule has 1 atom stereocenters. The van der Waals surface area contributed by atoms with Crippen LogP contribution in [0.1, 0.15) is 52.4 Å². The van der Waals surface area contributed by atoms with E-state index in [0.717, 1.165) is 17.8 Å². The van der Waals surface area contributed by atoms with Crippen molar-refractivity contribution in [3.05, 3.63) is 0 Å². The summed E-state index contributed by atoms with van der Waals surface area (Å²) >= 11 is 11.8. The molecule has 4 saturated carbocycles. The monoisotopic (exact) mass is 303 g/mol. The Morgan fingerprint density at radius 3 is 1.95 bits per heavy atom. The predicted octanol–water partition coefficient (Wildman–Crippen LogP) is 3.90. The molecule has 0 heterocycles. The molecule has 0 aromatic rings. The number of amides is 1. The van der Waals surface area contributed by atoms with Gasteiger partial charge < -0.3 is 5.32 Å². The molecule has 0 spiro atoms. The zero-order chi connectivity index (χ0) is 13.8. The second kappa shape index (κ2) is 4.53. The Kier molecular flexibility index (Phi) is 3.34. The van der Waals surface area contributed by atoms with Crippen molar-refractivity contribution in [1.29, 1.82) is 0 Å². The zero-order valence-electron chi connectivity index (χ0n) is 11.7. The molecule has 4 heteroatoms. The van der Waals surface area contributed by atoms with Crippen LogP contribution in [0.4, 0.5) is 0 Å². The summed E-state index contributed by atoms with van der Waals surface area (Å²) < 4.78 is -1.32. The normalized spacial score (nSPS) is 42.2. The van der Waals surface area contributed by atoms with Gasteiger partial charge in [0.05, 0.1) is 0 Å². The van der Waals surface area contributed by atoms with Gasteiger partial charge in [0, 0.05) is 6.04 Å². The van der Waals surface area contributed by atoms with E-state index in [-0.39, 0.29) is 11.9 Å². The Bertz CT molecular complexity index is 353. The molecule has 19 heavy (non-hydrogen) atoms. The van der Waals surface area contributed by atoms with Crippen LogP contribution in [0.25, 0.3) is 0 Å². The topological polar surface area (TPSA) is 29.1 Å². The van der Waals surface area contributed by atoms with Crippen LogP contribution in [0.2, 0.25) is 0 Å². The van der Waals surface area contributed by atoms with Crippen molar-refractivity contribution in [2.75, 3.05) is 0 Å². The summed E-state index contributed by atoms with van der Waals surface area (Å²) in [6, 6.07) is 0.185. The number of hydrogen-bond donors (Lipinski definition) is 1. The van der Waals surface area contributed by atoms with Crippen LogP contribution in [-0.4, -0.2) is 16.3 Å². The van der Waals surface area contributed by atoms with E-state index >= 15 is 0 Å². The van der Waals surface area contributed by atoms with Crippen LogP contribution in [-0.2, 0) is 4.79 Å². The first kappa shape index (κ1) is 14.0. The zero-order valence-corrected chi connectivity index (χ0v) is 13.2. The third-order valence-electron chi connectivity index (χ3n) is 5.75. The van der Waals surface area contributed by atoms with Crippen LogP contribution in [0.5, 0.6) is 0 Å². The third kappa shape index (κ3) is 2.51. The lowest BCUT2D eigenvalue weighted by molar-refractivity contribution is -0.126. The number of nitrogens with one attached hydrogen (secondary N) is 1. The van der Waals surface area contributed by atoms with E-state index in [1.807, 2.05) is 0 Å². The average molecular weight is 304 g/mol. The molecule has 4 bridgehead atoms. The maximum Gasteiger partial charge on any atom is 0.256 e. The highest BCUT2D eigenvalue weighted by Crippen LogP contribution is 2.61. The number of rotatable bonds is 3. The van der Waals surface area contributed by atoms with Crippen molar-refractivity contribution >= 4 is 29.1 Å². The van der Waals surface area contributed by atoms with Crippen LogP contribution >= 0.6 is 23.2 Å². The molecule has 4 aliphatic carbocycles. The minimum absolute atomic E-state index is 0.185. The predicted molar refractivity (Wildman–Crippen MR) is 78.3 cm³/mol. The first-order valence-electron chi connectivity index (χ1n) is 7.47. The van der Waals surface area contributed by atoms with Gasteiger partial charge in [0.1, 0.15) is 0 Å². The standard InChI is InChI=1S/C15H23Cl2NO/c1-9(18-13(19)14(2,16)17)15-6-10-3-11(7-15)5-12(4-10)8-15/h9-12H,3-8H2,1-2H3,(H,18,19)/t9-,10?,11?,12?,15?/m1/s1. The Labute approximate surface area is 125 Å². The van der Waals surface area contributed by atoms with Gasteiger partial charge >= 0.3 is 0 Å². The summed E-state index contributed by atoms with van der Waals surface area (Å²) in [5.74, 6) is 2.43. The molecule has 0 aliphatic heterocycles. The molecule has 0 saturated heterocycles. The number of alkyl halides is 2. The quantitative estimate of drug-likeness (QED) is 0.787.